The van der Waals surface area contributed by atoms with Gasteiger partial charge in [-0.25, -0.2) is 15.0 Å². The summed E-state index contributed by atoms with van der Waals surface area (Å²) in [6.45, 7) is 7.91. The van der Waals surface area contributed by atoms with E-state index in [0.29, 0.717) is 22.7 Å². The Kier molecular flexibility index (Phi) is 5.75. The predicted octanol–water partition coefficient (Wildman–Crippen LogP) is 3.77. The number of nitrogens with two attached hydrogens (primary N) is 1. The smallest absolute Gasteiger partial charge is 0.172 e. The second-order valence-electron chi connectivity index (χ2n) is 5.72. The van der Waals surface area contributed by atoms with Crippen LogP contribution in [0.1, 0.15) is 33.8 Å². The maximum atomic E-state index is 8.71. The van der Waals surface area contributed by atoms with E-state index in [-0.39, 0.29) is 13.0 Å². The average molecular weight is 334 g/mol. The lowest BCUT2D eigenvalue weighted by Crippen LogP contribution is -2.12. The van der Waals surface area contributed by atoms with E-state index in [4.69, 9.17) is 16.4 Å². The van der Waals surface area contributed by atoms with Gasteiger partial charge in [0.15, 0.2) is 11.5 Å². The number of aliphatic imine (C=N–C) groups is 1. The van der Waals surface area contributed by atoms with Crippen molar-refractivity contribution in [2.75, 3.05) is 0 Å². The van der Waals surface area contributed by atoms with Gasteiger partial charge in [-0.15, -0.1) is 0 Å². The van der Waals surface area contributed by atoms with Gasteiger partial charge in [0.2, 0.25) is 0 Å². The van der Waals surface area contributed by atoms with Crippen molar-refractivity contribution in [1.82, 2.24) is 9.97 Å². The summed E-state index contributed by atoms with van der Waals surface area (Å²) in [5.41, 5.74) is 10.0. The molecule has 0 unspecified atom stereocenters. The summed E-state index contributed by atoms with van der Waals surface area (Å²) >= 11 is 0. The third-order valence-corrected chi connectivity index (χ3v) is 3.81. The summed E-state index contributed by atoms with van der Waals surface area (Å²) in [6.07, 6.45) is 10.4. The van der Waals surface area contributed by atoms with Gasteiger partial charge >= 0.3 is 0 Å². The van der Waals surface area contributed by atoms with E-state index in [1.54, 1.807) is 13.0 Å². The van der Waals surface area contributed by atoms with Gasteiger partial charge in [-0.1, -0.05) is 24.3 Å². The van der Waals surface area contributed by atoms with E-state index in [1.165, 1.54) is 18.0 Å². The largest absolute Gasteiger partial charge is 0.384 e. The van der Waals surface area contributed by atoms with Gasteiger partial charge in [0.1, 0.15) is 11.9 Å². The molecule has 128 valence electrons. The van der Waals surface area contributed by atoms with Gasteiger partial charge in [0.25, 0.3) is 0 Å². The molecule has 1 aromatic rings. The van der Waals surface area contributed by atoms with E-state index in [9.17, 15) is 0 Å². The first-order chi connectivity index (χ1) is 11.9. The lowest BCUT2D eigenvalue weighted by molar-refractivity contribution is 0.946. The average Bonchev–Trinajstić information content (AvgIpc) is 2.61. The zero-order valence-corrected chi connectivity index (χ0v) is 14.4. The van der Waals surface area contributed by atoms with Gasteiger partial charge in [-0.05, 0) is 49.5 Å². The summed E-state index contributed by atoms with van der Waals surface area (Å²) < 4.78 is 0. The van der Waals surface area contributed by atoms with Crippen molar-refractivity contribution in [2.24, 2.45) is 10.7 Å². The van der Waals surface area contributed by atoms with Gasteiger partial charge < -0.3 is 5.73 Å². The van der Waals surface area contributed by atoms with Crippen LogP contribution in [-0.2, 0) is 0 Å². The zero-order chi connectivity index (χ0) is 18.4. The molecule has 3 N–H and O–H groups in total. The number of hydrogen-bond acceptors (Lipinski definition) is 5. The summed E-state index contributed by atoms with van der Waals surface area (Å²) in [6, 6.07) is 1.89. The van der Waals surface area contributed by atoms with Crippen molar-refractivity contribution in [3.63, 3.8) is 0 Å². The fraction of sp³-hybridized carbons (Fsp3) is 0.211. The van der Waals surface area contributed by atoms with Crippen LogP contribution in [0.3, 0.4) is 0 Å². The number of nitrogens with one attached hydrogen (secondary N) is 1. The van der Waals surface area contributed by atoms with Crippen molar-refractivity contribution in [3.05, 3.63) is 65.2 Å². The SMILES string of the molecule is C=C(C(=N)/C(C)=C\C(N)=Nc1cnc(C#N)cn1)C1=C(C)CCC=C1.[HH]. The van der Waals surface area contributed by atoms with E-state index >= 15 is 0 Å². The van der Waals surface area contributed by atoms with Crippen LogP contribution in [0, 0.1) is 16.7 Å². The number of aromatic nitrogens is 2. The molecule has 6 heteroatoms. The standard InChI is InChI=1S/C19H20N6.H2/c1-12-6-4-5-7-16(12)14(3)19(22)13(2)8-17(21)25-18-11-23-15(9-20)10-24-18;/h5,7-8,10-11,22H,3-4,6H2,1-2H3,(H2,21,24,25);1H/b13-8-,22-19?;. The molecule has 2 rings (SSSR count). The molecule has 0 spiro atoms. The Hall–Kier alpha value is -3.33. The summed E-state index contributed by atoms with van der Waals surface area (Å²) in [5, 5.41) is 17.0. The van der Waals surface area contributed by atoms with Crippen LogP contribution in [0.2, 0.25) is 0 Å². The number of allylic oxidation sites excluding steroid dienone is 6. The van der Waals surface area contributed by atoms with Crippen molar-refractivity contribution in [1.29, 1.82) is 10.7 Å². The van der Waals surface area contributed by atoms with E-state index < -0.39 is 0 Å². The highest BCUT2D eigenvalue weighted by atomic mass is 15.0. The molecule has 25 heavy (non-hydrogen) atoms. The number of hydrogen-bond donors (Lipinski definition) is 2. The Labute approximate surface area is 148 Å². The maximum absolute atomic E-state index is 8.71. The molecule has 0 amide bonds. The van der Waals surface area contributed by atoms with Crippen LogP contribution in [-0.4, -0.2) is 21.5 Å². The Morgan fingerprint density at radius 3 is 2.84 bits per heavy atom. The first kappa shape index (κ1) is 18.0. The minimum atomic E-state index is 0. The van der Waals surface area contributed by atoms with E-state index in [1.807, 2.05) is 12.1 Å². The van der Waals surface area contributed by atoms with Crippen LogP contribution < -0.4 is 5.73 Å². The molecule has 1 heterocycles. The monoisotopic (exact) mass is 334 g/mol. The molecule has 1 aliphatic carbocycles. The molecule has 1 aromatic heterocycles. The number of amidine groups is 1. The maximum Gasteiger partial charge on any atom is 0.172 e. The second kappa shape index (κ2) is 7.97. The Morgan fingerprint density at radius 2 is 2.24 bits per heavy atom. The fourth-order valence-electron chi connectivity index (χ4n) is 2.40. The van der Waals surface area contributed by atoms with E-state index in [0.717, 1.165) is 18.4 Å². The molecule has 0 aromatic carbocycles. The van der Waals surface area contributed by atoms with Gasteiger partial charge in [-0.2, -0.15) is 5.26 Å². The fourth-order valence-corrected chi connectivity index (χ4v) is 2.40. The van der Waals surface area contributed by atoms with Gasteiger partial charge in [-0.3, -0.25) is 5.41 Å². The molecular weight excluding hydrogens is 312 g/mol. The lowest BCUT2D eigenvalue weighted by Gasteiger charge is -2.16. The van der Waals surface area contributed by atoms with Crippen molar-refractivity contribution < 1.29 is 1.43 Å². The van der Waals surface area contributed by atoms with Gasteiger partial charge in [0.05, 0.1) is 18.1 Å². The third-order valence-electron chi connectivity index (χ3n) is 3.81. The molecule has 0 saturated carbocycles. The quantitative estimate of drug-likeness (QED) is 0.630. The van der Waals surface area contributed by atoms with Crippen LogP contribution in [0.25, 0.3) is 0 Å². The zero-order valence-electron chi connectivity index (χ0n) is 14.4. The molecule has 0 aliphatic heterocycles. The number of nitriles is 1. The number of rotatable bonds is 5. The highest BCUT2D eigenvalue weighted by Crippen LogP contribution is 2.25. The van der Waals surface area contributed by atoms with Gasteiger partial charge in [0, 0.05) is 1.43 Å². The molecule has 0 bridgehead atoms. The molecule has 0 radical (unpaired) electrons. The van der Waals surface area contributed by atoms with Crippen LogP contribution in [0.4, 0.5) is 5.82 Å². The molecule has 0 atom stereocenters. The van der Waals surface area contributed by atoms with Crippen LogP contribution >= 0.6 is 0 Å². The van der Waals surface area contributed by atoms with E-state index in [2.05, 4.69) is 34.5 Å². The molecule has 6 nitrogen and oxygen atoms in total. The number of nitrogens with zero attached hydrogens (tertiary/aromatic N) is 4. The summed E-state index contributed by atoms with van der Waals surface area (Å²) in [5.74, 6) is 0.513. The Balaban J connectivity index is 0.00000338. The highest BCUT2D eigenvalue weighted by molar-refractivity contribution is 6.15. The van der Waals surface area contributed by atoms with Crippen molar-refractivity contribution in [2.45, 2.75) is 26.7 Å². The summed E-state index contributed by atoms with van der Waals surface area (Å²) in [7, 11) is 0. The third kappa shape index (κ3) is 4.58. The van der Waals surface area contributed by atoms with Crippen LogP contribution in [0.5, 0.6) is 0 Å². The van der Waals surface area contributed by atoms with Crippen molar-refractivity contribution >= 4 is 17.4 Å². The minimum absolute atomic E-state index is 0. The summed E-state index contributed by atoms with van der Waals surface area (Å²) in [4.78, 5) is 12.0. The minimum Gasteiger partial charge on any atom is -0.384 e. The van der Waals surface area contributed by atoms with Crippen molar-refractivity contribution in [3.8, 4) is 6.07 Å². The molecular formula is C19H22N6. The topological polar surface area (TPSA) is 112 Å². The molecule has 0 fully saturated rings. The predicted molar refractivity (Wildman–Crippen MR) is 102 cm³/mol. The Bertz CT molecular complexity index is 866. The van der Waals surface area contributed by atoms with Crippen LogP contribution in [0.15, 0.2) is 64.5 Å². The first-order valence-corrected chi connectivity index (χ1v) is 7.82. The molecule has 0 saturated heterocycles. The second-order valence-corrected chi connectivity index (χ2v) is 5.72. The first-order valence-electron chi connectivity index (χ1n) is 7.82. The normalized spacial score (nSPS) is 15.1. The lowest BCUT2D eigenvalue weighted by atomic mass is 9.89. The molecule has 1 aliphatic rings. The highest BCUT2D eigenvalue weighted by Gasteiger charge is 2.13. The Morgan fingerprint density at radius 1 is 1.48 bits per heavy atom.